The first-order valence-corrected chi connectivity index (χ1v) is 10.8. The molecule has 0 aliphatic heterocycles. The van der Waals surface area contributed by atoms with Gasteiger partial charge in [-0.25, -0.2) is 0 Å². The van der Waals surface area contributed by atoms with Crippen LogP contribution in [0.3, 0.4) is 0 Å². The highest BCUT2D eigenvalue weighted by atomic mass is 19.3. The second-order valence-corrected chi connectivity index (χ2v) is 8.03. The lowest BCUT2D eigenvalue weighted by Crippen LogP contribution is -2.25. The summed E-state index contributed by atoms with van der Waals surface area (Å²) in [6.45, 7) is 0. The van der Waals surface area contributed by atoms with Gasteiger partial charge in [-0.3, -0.25) is 15.1 Å². The molecule has 1 N–H and O–H groups in total. The lowest BCUT2D eigenvalue weighted by Gasteiger charge is -2.26. The van der Waals surface area contributed by atoms with E-state index < -0.39 is 56.7 Å². The SMILES string of the molecule is N=C(Cc1c(C(F)(F)c2ccccc2)cc([N+](=O)[O-])cc1C(F)(F)c1ccccc1)c1ccccn1. The van der Waals surface area contributed by atoms with Crippen molar-refractivity contribution in [1.82, 2.24) is 4.98 Å². The fourth-order valence-corrected chi connectivity index (χ4v) is 3.93. The minimum absolute atomic E-state index is 0.110. The summed E-state index contributed by atoms with van der Waals surface area (Å²) in [4.78, 5) is 14.7. The first-order chi connectivity index (χ1) is 17.1. The van der Waals surface area contributed by atoms with Crippen LogP contribution in [0.15, 0.2) is 97.2 Å². The summed E-state index contributed by atoms with van der Waals surface area (Å²) in [6.07, 6.45) is 0.739. The van der Waals surface area contributed by atoms with Gasteiger partial charge < -0.3 is 5.41 Å². The molecule has 0 fully saturated rings. The number of alkyl halides is 4. The molecule has 0 atom stereocenters. The Morgan fingerprint density at radius 3 is 1.69 bits per heavy atom. The highest BCUT2D eigenvalue weighted by Gasteiger charge is 2.44. The maximum Gasteiger partial charge on any atom is 0.299 e. The van der Waals surface area contributed by atoms with E-state index in [-0.39, 0.29) is 11.4 Å². The largest absolute Gasteiger partial charge is 0.303 e. The number of nitro groups is 1. The molecule has 5 nitrogen and oxygen atoms in total. The average Bonchev–Trinajstić information content (AvgIpc) is 2.90. The Labute approximate surface area is 203 Å². The van der Waals surface area contributed by atoms with Crippen LogP contribution in [0.4, 0.5) is 23.2 Å². The van der Waals surface area contributed by atoms with Gasteiger partial charge in [-0.1, -0.05) is 66.7 Å². The highest BCUT2D eigenvalue weighted by Crippen LogP contribution is 2.46. The summed E-state index contributed by atoms with van der Waals surface area (Å²) in [5.74, 6) is -7.73. The van der Waals surface area contributed by atoms with Crippen molar-refractivity contribution >= 4 is 11.4 Å². The number of non-ortho nitro benzene ring substituents is 1. The van der Waals surface area contributed by atoms with Crippen LogP contribution >= 0.6 is 0 Å². The van der Waals surface area contributed by atoms with Crippen LogP contribution in [0.2, 0.25) is 0 Å². The normalized spacial score (nSPS) is 11.8. The lowest BCUT2D eigenvalue weighted by molar-refractivity contribution is -0.385. The highest BCUT2D eigenvalue weighted by molar-refractivity contribution is 5.98. The molecule has 0 radical (unpaired) electrons. The van der Waals surface area contributed by atoms with Crippen molar-refractivity contribution < 1.29 is 22.5 Å². The third kappa shape index (κ3) is 4.72. The van der Waals surface area contributed by atoms with Crippen LogP contribution in [0.1, 0.15) is 33.5 Å². The van der Waals surface area contributed by atoms with Crippen molar-refractivity contribution in [1.29, 1.82) is 5.41 Å². The molecule has 0 amide bonds. The number of nitrogens with one attached hydrogen (secondary N) is 1. The average molecular weight is 493 g/mol. The van der Waals surface area contributed by atoms with Gasteiger partial charge in [0.1, 0.15) is 0 Å². The summed E-state index contributed by atoms with van der Waals surface area (Å²) in [5, 5.41) is 20.1. The van der Waals surface area contributed by atoms with Crippen LogP contribution in [-0.4, -0.2) is 15.6 Å². The fraction of sp³-hybridized carbons (Fsp3) is 0.111. The van der Waals surface area contributed by atoms with Crippen molar-refractivity contribution in [2.45, 2.75) is 18.3 Å². The third-order valence-corrected chi connectivity index (χ3v) is 5.72. The molecule has 182 valence electrons. The van der Waals surface area contributed by atoms with E-state index in [1.165, 1.54) is 48.7 Å². The van der Waals surface area contributed by atoms with Gasteiger partial charge in [0.25, 0.3) is 17.5 Å². The van der Waals surface area contributed by atoms with Crippen LogP contribution in [0.25, 0.3) is 0 Å². The lowest BCUT2D eigenvalue weighted by atomic mass is 9.85. The molecule has 3 aromatic carbocycles. The number of nitro benzene ring substituents is 1. The first-order valence-electron chi connectivity index (χ1n) is 10.8. The molecule has 9 heteroatoms. The second-order valence-electron chi connectivity index (χ2n) is 8.03. The molecule has 0 saturated heterocycles. The van der Waals surface area contributed by atoms with Gasteiger partial charge >= 0.3 is 0 Å². The number of hydrogen-bond donors (Lipinski definition) is 1. The number of nitrogens with zero attached hydrogens (tertiary/aromatic N) is 2. The van der Waals surface area contributed by atoms with Crippen molar-refractivity contribution in [3.8, 4) is 0 Å². The molecule has 0 unspecified atom stereocenters. The minimum Gasteiger partial charge on any atom is -0.303 e. The number of benzene rings is 3. The van der Waals surface area contributed by atoms with E-state index in [0.29, 0.717) is 12.1 Å². The maximum absolute atomic E-state index is 15.9. The van der Waals surface area contributed by atoms with Gasteiger partial charge in [0, 0.05) is 47.0 Å². The molecule has 0 saturated carbocycles. The zero-order valence-electron chi connectivity index (χ0n) is 18.7. The molecule has 1 aromatic heterocycles. The Balaban J connectivity index is 2.02. The maximum atomic E-state index is 15.9. The molecular weight excluding hydrogens is 474 g/mol. The number of halogens is 4. The minimum atomic E-state index is -3.87. The van der Waals surface area contributed by atoms with E-state index >= 15 is 17.6 Å². The van der Waals surface area contributed by atoms with Crippen molar-refractivity contribution in [2.75, 3.05) is 0 Å². The molecule has 0 aliphatic carbocycles. The third-order valence-electron chi connectivity index (χ3n) is 5.72. The van der Waals surface area contributed by atoms with Crippen molar-refractivity contribution in [3.63, 3.8) is 0 Å². The molecule has 0 bridgehead atoms. The molecule has 0 spiro atoms. The van der Waals surface area contributed by atoms with Gasteiger partial charge in [0.2, 0.25) is 0 Å². The number of hydrogen-bond acceptors (Lipinski definition) is 4. The molecule has 36 heavy (non-hydrogen) atoms. The Hall–Kier alpha value is -4.40. The van der Waals surface area contributed by atoms with Crippen molar-refractivity contribution in [3.05, 3.63) is 141 Å². The molecular formula is C27H19F4N3O2. The van der Waals surface area contributed by atoms with Gasteiger partial charge in [-0.15, -0.1) is 0 Å². The number of pyridine rings is 1. The van der Waals surface area contributed by atoms with E-state index in [1.807, 2.05) is 0 Å². The number of rotatable bonds is 8. The van der Waals surface area contributed by atoms with E-state index in [2.05, 4.69) is 4.98 Å². The zero-order valence-corrected chi connectivity index (χ0v) is 18.7. The van der Waals surface area contributed by atoms with Gasteiger partial charge in [0.05, 0.1) is 16.3 Å². The Kier molecular flexibility index (Phi) is 6.65. The summed E-state index contributed by atoms with van der Waals surface area (Å²) in [6, 6.07) is 18.7. The van der Waals surface area contributed by atoms with Crippen LogP contribution < -0.4 is 0 Å². The standard InChI is InChI=1S/C27H19F4N3O2/c28-26(29,18-9-3-1-4-10-18)22-15-20(34(35)36)16-23(27(30,31)19-11-5-2-6-12-19)21(22)17-24(32)25-13-7-8-14-33-25/h1-16,32H,17H2. The summed E-state index contributed by atoms with van der Waals surface area (Å²) < 4.78 is 63.4. The monoisotopic (exact) mass is 493 g/mol. The second kappa shape index (κ2) is 9.69. The molecule has 4 aromatic rings. The molecule has 1 heterocycles. The quantitative estimate of drug-likeness (QED) is 0.126. The number of aromatic nitrogens is 1. The van der Waals surface area contributed by atoms with E-state index in [4.69, 9.17) is 5.41 Å². The zero-order chi connectivity index (χ0) is 25.9. The predicted molar refractivity (Wildman–Crippen MR) is 127 cm³/mol. The predicted octanol–water partition coefficient (Wildman–Crippen LogP) is 6.88. The van der Waals surface area contributed by atoms with Gasteiger partial charge in [-0.2, -0.15) is 17.6 Å². The Bertz CT molecular complexity index is 1320. The molecule has 0 aliphatic rings. The molecule has 4 rings (SSSR count). The Morgan fingerprint density at radius 2 is 1.28 bits per heavy atom. The van der Waals surface area contributed by atoms with E-state index in [1.54, 1.807) is 12.1 Å². The first kappa shape index (κ1) is 24.7. The van der Waals surface area contributed by atoms with Crippen LogP contribution in [0, 0.1) is 15.5 Å². The van der Waals surface area contributed by atoms with Crippen LogP contribution in [-0.2, 0) is 18.3 Å². The van der Waals surface area contributed by atoms with Gasteiger partial charge in [-0.05, 0) is 17.7 Å². The van der Waals surface area contributed by atoms with E-state index in [9.17, 15) is 10.1 Å². The van der Waals surface area contributed by atoms with E-state index in [0.717, 1.165) is 24.3 Å². The fourth-order valence-electron chi connectivity index (χ4n) is 3.93. The van der Waals surface area contributed by atoms with Gasteiger partial charge in [0.15, 0.2) is 0 Å². The summed E-state index contributed by atoms with van der Waals surface area (Å²) >= 11 is 0. The van der Waals surface area contributed by atoms with Crippen LogP contribution in [0.5, 0.6) is 0 Å². The topological polar surface area (TPSA) is 79.9 Å². The summed E-state index contributed by atoms with van der Waals surface area (Å²) in [5.41, 5.74) is -4.63. The van der Waals surface area contributed by atoms with Crippen molar-refractivity contribution in [2.24, 2.45) is 0 Å². The summed E-state index contributed by atoms with van der Waals surface area (Å²) in [7, 11) is 0. The smallest absolute Gasteiger partial charge is 0.299 e. The Morgan fingerprint density at radius 1 is 0.806 bits per heavy atom.